The summed E-state index contributed by atoms with van der Waals surface area (Å²) in [6.45, 7) is 4.06. The molecule has 4 nitrogen and oxygen atoms in total. The Balaban J connectivity index is 2.42. The summed E-state index contributed by atoms with van der Waals surface area (Å²) in [5.41, 5.74) is 0.900. The van der Waals surface area contributed by atoms with Crippen molar-refractivity contribution < 1.29 is 4.79 Å². The molecule has 0 N–H and O–H groups in total. The van der Waals surface area contributed by atoms with Crippen LogP contribution in [0.3, 0.4) is 0 Å². The first-order chi connectivity index (χ1) is 9.54. The third kappa shape index (κ3) is 2.92. The van der Waals surface area contributed by atoms with Gasteiger partial charge in [-0.25, -0.2) is 9.97 Å². The molecule has 0 fully saturated rings. The van der Waals surface area contributed by atoms with Gasteiger partial charge in [0.15, 0.2) is 0 Å². The molecule has 0 atom stereocenters. The van der Waals surface area contributed by atoms with Crippen molar-refractivity contribution in [1.29, 1.82) is 0 Å². The third-order valence-corrected chi connectivity index (χ3v) is 3.41. The van der Waals surface area contributed by atoms with Crippen molar-refractivity contribution in [1.82, 2.24) is 9.97 Å². The molecule has 1 aromatic carbocycles. The van der Waals surface area contributed by atoms with Gasteiger partial charge in [-0.2, -0.15) is 0 Å². The van der Waals surface area contributed by atoms with E-state index in [-0.39, 0.29) is 5.91 Å². The van der Waals surface area contributed by atoms with E-state index in [1.54, 1.807) is 25.1 Å². The molecule has 0 aliphatic heterocycles. The topological polar surface area (TPSA) is 46.1 Å². The molecule has 104 valence electrons. The summed E-state index contributed by atoms with van der Waals surface area (Å²) in [6.07, 6.45) is 3.00. The molecule has 0 saturated heterocycles. The summed E-state index contributed by atoms with van der Waals surface area (Å²) in [6, 6.07) is 5.14. The fourth-order valence-corrected chi connectivity index (χ4v) is 2.41. The number of amides is 1. The van der Waals surface area contributed by atoms with Crippen LogP contribution in [-0.4, -0.2) is 22.4 Å². The van der Waals surface area contributed by atoms with Crippen LogP contribution in [0.5, 0.6) is 0 Å². The molecule has 2 rings (SSSR count). The van der Waals surface area contributed by atoms with Gasteiger partial charge in [0.2, 0.25) is 0 Å². The maximum absolute atomic E-state index is 12.5. The van der Waals surface area contributed by atoms with Crippen molar-refractivity contribution in [2.45, 2.75) is 13.8 Å². The number of benzene rings is 1. The number of hydrogen-bond acceptors (Lipinski definition) is 3. The Labute approximate surface area is 127 Å². The lowest BCUT2D eigenvalue weighted by atomic mass is 10.2. The van der Waals surface area contributed by atoms with Gasteiger partial charge in [0.25, 0.3) is 5.91 Å². The smallest absolute Gasteiger partial charge is 0.261 e. The molecule has 0 saturated carbocycles. The zero-order valence-electron chi connectivity index (χ0n) is 11.1. The standard InChI is InChI=1S/C14H13Cl2N3O/c1-3-19(13-11(15)5-4-6-12(13)16)14(20)10-7-17-9(2)18-8-10/h4-8H,3H2,1-2H3. The highest BCUT2D eigenvalue weighted by atomic mass is 35.5. The maximum atomic E-state index is 12.5. The summed E-state index contributed by atoms with van der Waals surface area (Å²) >= 11 is 12.3. The lowest BCUT2D eigenvalue weighted by molar-refractivity contribution is 0.0987. The number of carbonyl (C=O) groups excluding carboxylic acids is 1. The Morgan fingerprint density at radius 1 is 1.20 bits per heavy atom. The second kappa shape index (κ2) is 6.20. The van der Waals surface area contributed by atoms with E-state index in [2.05, 4.69) is 9.97 Å². The van der Waals surface area contributed by atoms with Crippen LogP contribution in [0.15, 0.2) is 30.6 Å². The number of nitrogens with zero attached hydrogens (tertiary/aromatic N) is 3. The molecule has 0 bridgehead atoms. The minimum absolute atomic E-state index is 0.234. The quantitative estimate of drug-likeness (QED) is 0.867. The number of aryl methyl sites for hydroxylation is 1. The summed E-state index contributed by atoms with van der Waals surface area (Å²) in [5, 5.41) is 0.862. The Morgan fingerprint density at radius 2 is 1.75 bits per heavy atom. The molecule has 1 aromatic heterocycles. The van der Waals surface area contributed by atoms with Crippen LogP contribution in [0, 0.1) is 6.92 Å². The van der Waals surface area contributed by atoms with Gasteiger partial charge in [-0.3, -0.25) is 4.79 Å². The van der Waals surface area contributed by atoms with E-state index >= 15 is 0 Å². The molecule has 20 heavy (non-hydrogen) atoms. The number of halogens is 2. The number of carbonyl (C=O) groups is 1. The molecule has 0 aliphatic rings. The van der Waals surface area contributed by atoms with E-state index in [4.69, 9.17) is 23.2 Å². The molecule has 1 amide bonds. The minimum Gasteiger partial charge on any atom is -0.306 e. The summed E-state index contributed by atoms with van der Waals surface area (Å²) in [7, 11) is 0. The van der Waals surface area contributed by atoms with Gasteiger partial charge >= 0.3 is 0 Å². The number of para-hydroxylation sites is 1. The normalized spacial score (nSPS) is 10.4. The van der Waals surface area contributed by atoms with E-state index in [1.165, 1.54) is 17.3 Å². The van der Waals surface area contributed by atoms with Gasteiger partial charge in [-0.1, -0.05) is 29.3 Å². The Bertz CT molecular complexity index is 609. The zero-order valence-corrected chi connectivity index (χ0v) is 12.6. The molecule has 1 heterocycles. The van der Waals surface area contributed by atoms with Crippen molar-refractivity contribution in [3.8, 4) is 0 Å². The summed E-state index contributed by atoms with van der Waals surface area (Å²) < 4.78 is 0. The average Bonchev–Trinajstić information content (AvgIpc) is 2.43. The first-order valence-corrected chi connectivity index (χ1v) is 6.84. The third-order valence-electron chi connectivity index (χ3n) is 2.80. The van der Waals surface area contributed by atoms with Crippen LogP contribution in [0.25, 0.3) is 0 Å². The lowest BCUT2D eigenvalue weighted by Gasteiger charge is -2.23. The first kappa shape index (κ1) is 14.8. The molecule has 6 heteroatoms. The molecule has 0 spiro atoms. The molecular weight excluding hydrogens is 297 g/mol. The number of rotatable bonds is 3. The molecule has 0 unspecified atom stereocenters. The molecule has 0 aliphatic carbocycles. The van der Waals surface area contributed by atoms with Crippen molar-refractivity contribution in [3.05, 3.63) is 52.0 Å². The molecule has 2 aromatic rings. The monoisotopic (exact) mass is 309 g/mol. The van der Waals surface area contributed by atoms with Crippen LogP contribution < -0.4 is 4.90 Å². The predicted molar refractivity (Wildman–Crippen MR) is 80.6 cm³/mol. The Hall–Kier alpha value is -1.65. The van der Waals surface area contributed by atoms with Crippen LogP contribution in [0.2, 0.25) is 10.0 Å². The van der Waals surface area contributed by atoms with E-state index in [0.29, 0.717) is 33.7 Å². The predicted octanol–water partition coefficient (Wildman–Crippen LogP) is 3.76. The highest BCUT2D eigenvalue weighted by molar-refractivity contribution is 6.40. The summed E-state index contributed by atoms with van der Waals surface area (Å²) in [4.78, 5) is 22.1. The highest BCUT2D eigenvalue weighted by Crippen LogP contribution is 2.34. The number of aromatic nitrogens is 2. The Morgan fingerprint density at radius 3 is 2.25 bits per heavy atom. The van der Waals surface area contributed by atoms with Crippen molar-refractivity contribution in [3.63, 3.8) is 0 Å². The highest BCUT2D eigenvalue weighted by Gasteiger charge is 2.21. The second-order valence-corrected chi connectivity index (χ2v) is 4.95. The van der Waals surface area contributed by atoms with Crippen molar-refractivity contribution in [2.24, 2.45) is 0 Å². The van der Waals surface area contributed by atoms with Gasteiger partial charge in [-0.05, 0) is 26.0 Å². The SMILES string of the molecule is CCN(C(=O)c1cnc(C)nc1)c1c(Cl)cccc1Cl. The van der Waals surface area contributed by atoms with Crippen LogP contribution in [-0.2, 0) is 0 Å². The number of anilines is 1. The van der Waals surface area contributed by atoms with E-state index in [1.807, 2.05) is 6.92 Å². The minimum atomic E-state index is -0.234. The van der Waals surface area contributed by atoms with E-state index < -0.39 is 0 Å². The fraction of sp³-hybridized carbons (Fsp3) is 0.214. The largest absolute Gasteiger partial charge is 0.306 e. The molecule has 0 radical (unpaired) electrons. The van der Waals surface area contributed by atoms with Gasteiger partial charge in [0.05, 0.1) is 21.3 Å². The van der Waals surface area contributed by atoms with Crippen LogP contribution in [0.4, 0.5) is 5.69 Å². The lowest BCUT2D eigenvalue weighted by Crippen LogP contribution is -2.31. The van der Waals surface area contributed by atoms with Gasteiger partial charge < -0.3 is 4.90 Å². The van der Waals surface area contributed by atoms with Crippen molar-refractivity contribution in [2.75, 3.05) is 11.4 Å². The van der Waals surface area contributed by atoms with E-state index in [9.17, 15) is 4.79 Å². The maximum Gasteiger partial charge on any atom is 0.261 e. The van der Waals surface area contributed by atoms with Gasteiger partial charge in [0, 0.05) is 18.9 Å². The zero-order chi connectivity index (χ0) is 14.7. The van der Waals surface area contributed by atoms with Crippen molar-refractivity contribution >= 4 is 34.8 Å². The summed E-state index contributed by atoms with van der Waals surface area (Å²) in [5.74, 6) is 0.378. The Kier molecular flexibility index (Phi) is 4.57. The first-order valence-electron chi connectivity index (χ1n) is 6.09. The molecular formula is C14H13Cl2N3O. The van der Waals surface area contributed by atoms with Crippen LogP contribution in [0.1, 0.15) is 23.1 Å². The number of hydrogen-bond donors (Lipinski definition) is 0. The van der Waals surface area contributed by atoms with E-state index in [0.717, 1.165) is 0 Å². The average molecular weight is 310 g/mol. The van der Waals surface area contributed by atoms with Gasteiger partial charge in [0.1, 0.15) is 5.82 Å². The van der Waals surface area contributed by atoms with Gasteiger partial charge in [-0.15, -0.1) is 0 Å². The fourth-order valence-electron chi connectivity index (χ4n) is 1.81. The van der Waals surface area contributed by atoms with Crippen LogP contribution >= 0.6 is 23.2 Å². The second-order valence-electron chi connectivity index (χ2n) is 4.14.